The molecule has 0 aromatic heterocycles. The zero-order valence-electron chi connectivity index (χ0n) is 11.6. The summed E-state index contributed by atoms with van der Waals surface area (Å²) in [5, 5.41) is 3.70. The second-order valence-corrected chi connectivity index (χ2v) is 5.31. The van der Waals surface area contributed by atoms with Crippen LogP contribution in [-0.2, 0) is 4.74 Å². The van der Waals surface area contributed by atoms with Crippen LogP contribution >= 0.6 is 0 Å². The van der Waals surface area contributed by atoms with Gasteiger partial charge in [-0.1, -0.05) is 31.2 Å². The Labute approximate surface area is 111 Å². The van der Waals surface area contributed by atoms with Gasteiger partial charge in [0.2, 0.25) is 0 Å². The molecule has 0 heterocycles. The Morgan fingerprint density at radius 2 is 1.94 bits per heavy atom. The molecule has 0 amide bonds. The first-order valence-corrected chi connectivity index (χ1v) is 7.14. The van der Waals surface area contributed by atoms with Crippen molar-refractivity contribution >= 4 is 0 Å². The van der Waals surface area contributed by atoms with Crippen LogP contribution in [-0.4, -0.2) is 20.3 Å². The molecule has 1 aromatic carbocycles. The van der Waals surface area contributed by atoms with Crippen molar-refractivity contribution in [2.24, 2.45) is 0 Å². The van der Waals surface area contributed by atoms with Gasteiger partial charge >= 0.3 is 0 Å². The Balaban J connectivity index is 1.89. The molecule has 2 atom stereocenters. The van der Waals surface area contributed by atoms with E-state index in [1.54, 1.807) is 7.11 Å². The van der Waals surface area contributed by atoms with Gasteiger partial charge in [0.05, 0.1) is 0 Å². The highest BCUT2D eigenvalue weighted by Crippen LogP contribution is 2.36. The standard InChI is InChI=1S/C16H25NO/c1-13-9-10-16(17-11-5-6-12-18-2)15-8-4-3-7-14(13)15/h3-4,7-8,13,16-17H,5-6,9-12H2,1-2H3. The first kappa shape index (κ1) is 13.6. The molecule has 0 saturated carbocycles. The van der Waals surface area contributed by atoms with Gasteiger partial charge in [-0.05, 0) is 49.3 Å². The van der Waals surface area contributed by atoms with E-state index < -0.39 is 0 Å². The number of ether oxygens (including phenoxy) is 1. The van der Waals surface area contributed by atoms with E-state index in [0.717, 1.165) is 19.6 Å². The van der Waals surface area contributed by atoms with Gasteiger partial charge in [-0.25, -0.2) is 0 Å². The van der Waals surface area contributed by atoms with Crippen LogP contribution in [0.5, 0.6) is 0 Å². The molecule has 2 heteroatoms. The van der Waals surface area contributed by atoms with Gasteiger partial charge in [0, 0.05) is 19.8 Å². The molecular weight excluding hydrogens is 222 g/mol. The molecule has 0 bridgehead atoms. The van der Waals surface area contributed by atoms with Gasteiger partial charge < -0.3 is 10.1 Å². The molecule has 0 spiro atoms. The van der Waals surface area contributed by atoms with Crippen LogP contribution in [0.4, 0.5) is 0 Å². The molecule has 0 aliphatic heterocycles. The van der Waals surface area contributed by atoms with E-state index in [4.69, 9.17) is 4.74 Å². The van der Waals surface area contributed by atoms with Crippen molar-refractivity contribution in [2.45, 2.75) is 44.6 Å². The highest BCUT2D eigenvalue weighted by atomic mass is 16.5. The monoisotopic (exact) mass is 247 g/mol. The first-order chi connectivity index (χ1) is 8.83. The summed E-state index contributed by atoms with van der Waals surface area (Å²) in [7, 11) is 1.77. The van der Waals surface area contributed by atoms with E-state index in [0.29, 0.717) is 12.0 Å². The van der Waals surface area contributed by atoms with Crippen molar-refractivity contribution in [1.82, 2.24) is 5.32 Å². The minimum atomic E-state index is 0.556. The molecule has 100 valence electrons. The maximum atomic E-state index is 5.08. The summed E-state index contributed by atoms with van der Waals surface area (Å²) in [5.74, 6) is 0.716. The number of hydrogen-bond donors (Lipinski definition) is 1. The predicted octanol–water partition coefficient (Wildman–Crippen LogP) is 3.64. The summed E-state index contributed by atoms with van der Waals surface area (Å²) in [6.45, 7) is 4.31. The van der Waals surface area contributed by atoms with Crippen molar-refractivity contribution < 1.29 is 4.74 Å². The molecule has 1 N–H and O–H groups in total. The fourth-order valence-corrected chi connectivity index (χ4v) is 2.86. The zero-order valence-corrected chi connectivity index (χ0v) is 11.6. The molecule has 0 saturated heterocycles. The summed E-state index contributed by atoms with van der Waals surface area (Å²) in [4.78, 5) is 0. The fraction of sp³-hybridized carbons (Fsp3) is 0.625. The predicted molar refractivity (Wildman–Crippen MR) is 75.9 cm³/mol. The van der Waals surface area contributed by atoms with Crippen LogP contribution in [0, 0.1) is 0 Å². The number of rotatable bonds is 6. The summed E-state index contributed by atoms with van der Waals surface area (Å²) < 4.78 is 5.08. The molecule has 1 aliphatic carbocycles. The van der Waals surface area contributed by atoms with Gasteiger partial charge in [-0.2, -0.15) is 0 Å². The van der Waals surface area contributed by atoms with Crippen molar-refractivity contribution in [3.8, 4) is 0 Å². The average Bonchev–Trinajstić information content (AvgIpc) is 2.41. The minimum absolute atomic E-state index is 0.556. The number of unbranched alkanes of at least 4 members (excludes halogenated alkanes) is 1. The molecule has 1 aromatic rings. The lowest BCUT2D eigenvalue weighted by Crippen LogP contribution is -2.27. The van der Waals surface area contributed by atoms with Crippen LogP contribution in [0.25, 0.3) is 0 Å². The highest BCUT2D eigenvalue weighted by molar-refractivity contribution is 5.34. The van der Waals surface area contributed by atoms with Crippen LogP contribution in [0.15, 0.2) is 24.3 Å². The number of fused-ring (bicyclic) bond motifs is 1. The number of hydrogen-bond acceptors (Lipinski definition) is 2. The second-order valence-electron chi connectivity index (χ2n) is 5.31. The van der Waals surface area contributed by atoms with E-state index >= 15 is 0 Å². The smallest absolute Gasteiger partial charge is 0.0462 e. The van der Waals surface area contributed by atoms with Gasteiger partial charge in [0.1, 0.15) is 0 Å². The fourth-order valence-electron chi connectivity index (χ4n) is 2.86. The number of nitrogens with one attached hydrogen (secondary N) is 1. The van der Waals surface area contributed by atoms with Gasteiger partial charge in [0.25, 0.3) is 0 Å². The van der Waals surface area contributed by atoms with E-state index in [1.807, 2.05) is 0 Å². The summed E-state index contributed by atoms with van der Waals surface area (Å²) >= 11 is 0. The van der Waals surface area contributed by atoms with Crippen LogP contribution < -0.4 is 5.32 Å². The van der Waals surface area contributed by atoms with E-state index in [1.165, 1.54) is 30.4 Å². The average molecular weight is 247 g/mol. The normalized spacial score (nSPS) is 22.8. The Morgan fingerprint density at radius 1 is 1.17 bits per heavy atom. The molecule has 1 aliphatic rings. The number of methoxy groups -OCH3 is 1. The van der Waals surface area contributed by atoms with Gasteiger partial charge in [-0.15, -0.1) is 0 Å². The van der Waals surface area contributed by atoms with E-state index in [9.17, 15) is 0 Å². The Bertz CT molecular complexity index is 364. The lowest BCUT2D eigenvalue weighted by molar-refractivity contribution is 0.192. The maximum absolute atomic E-state index is 5.08. The van der Waals surface area contributed by atoms with Crippen molar-refractivity contribution in [1.29, 1.82) is 0 Å². The third-order valence-corrected chi connectivity index (χ3v) is 3.96. The Morgan fingerprint density at radius 3 is 2.72 bits per heavy atom. The zero-order chi connectivity index (χ0) is 12.8. The second kappa shape index (κ2) is 6.91. The maximum Gasteiger partial charge on any atom is 0.0462 e. The first-order valence-electron chi connectivity index (χ1n) is 7.14. The van der Waals surface area contributed by atoms with Crippen molar-refractivity contribution in [2.75, 3.05) is 20.3 Å². The minimum Gasteiger partial charge on any atom is -0.385 e. The summed E-state index contributed by atoms with van der Waals surface area (Å²) in [5.41, 5.74) is 3.06. The molecular formula is C16H25NO. The van der Waals surface area contributed by atoms with E-state index in [-0.39, 0.29) is 0 Å². The van der Waals surface area contributed by atoms with Crippen LogP contribution in [0.2, 0.25) is 0 Å². The Hall–Kier alpha value is -0.860. The molecule has 2 unspecified atom stereocenters. The molecule has 2 nitrogen and oxygen atoms in total. The van der Waals surface area contributed by atoms with Crippen molar-refractivity contribution in [3.05, 3.63) is 35.4 Å². The molecule has 0 radical (unpaired) electrons. The lowest BCUT2D eigenvalue weighted by Gasteiger charge is -2.30. The quantitative estimate of drug-likeness (QED) is 0.775. The molecule has 0 fully saturated rings. The van der Waals surface area contributed by atoms with E-state index in [2.05, 4.69) is 36.5 Å². The Kier molecular flexibility index (Phi) is 5.21. The van der Waals surface area contributed by atoms with Gasteiger partial charge in [0.15, 0.2) is 0 Å². The van der Waals surface area contributed by atoms with Crippen LogP contribution in [0.3, 0.4) is 0 Å². The third-order valence-electron chi connectivity index (χ3n) is 3.96. The summed E-state index contributed by atoms with van der Waals surface area (Å²) in [6, 6.07) is 9.46. The SMILES string of the molecule is COCCCCNC1CCC(C)c2ccccc21. The van der Waals surface area contributed by atoms with Crippen LogP contribution in [0.1, 0.15) is 55.7 Å². The molecule has 2 rings (SSSR count). The summed E-state index contributed by atoms with van der Waals surface area (Å²) in [6.07, 6.45) is 4.91. The van der Waals surface area contributed by atoms with Crippen molar-refractivity contribution in [3.63, 3.8) is 0 Å². The molecule has 18 heavy (non-hydrogen) atoms. The van der Waals surface area contributed by atoms with Gasteiger partial charge in [-0.3, -0.25) is 0 Å². The largest absolute Gasteiger partial charge is 0.385 e. The lowest BCUT2D eigenvalue weighted by atomic mass is 9.81. The third kappa shape index (κ3) is 3.33. The number of benzene rings is 1. The highest BCUT2D eigenvalue weighted by Gasteiger charge is 2.23. The topological polar surface area (TPSA) is 21.3 Å².